The topological polar surface area (TPSA) is 37.4 Å². The molecule has 2 aromatic carbocycles. The van der Waals surface area contributed by atoms with Crippen LogP contribution in [0.15, 0.2) is 47.4 Å². The van der Waals surface area contributed by atoms with E-state index in [2.05, 4.69) is 0 Å². The Labute approximate surface area is 129 Å². The van der Waals surface area contributed by atoms with Gasteiger partial charge in [0.25, 0.3) is 10.0 Å². The van der Waals surface area contributed by atoms with Crippen molar-refractivity contribution in [3.8, 4) is 0 Å². The van der Waals surface area contributed by atoms with Gasteiger partial charge in [-0.05, 0) is 54.4 Å². The number of hydrogen-bond donors (Lipinski definition) is 0. The predicted octanol–water partition coefficient (Wildman–Crippen LogP) is 3.70. The second-order valence-corrected chi connectivity index (χ2v) is 6.91. The van der Waals surface area contributed by atoms with Gasteiger partial charge in [0, 0.05) is 12.9 Å². The summed E-state index contributed by atoms with van der Waals surface area (Å²) in [6.07, 6.45) is 0. The normalized spacial score (nSPS) is 11.4. The summed E-state index contributed by atoms with van der Waals surface area (Å²) in [5, 5.41) is 0. The Morgan fingerprint density at radius 1 is 1.14 bits per heavy atom. The first-order valence-corrected chi connectivity index (χ1v) is 8.23. The van der Waals surface area contributed by atoms with Crippen LogP contribution in [0.25, 0.3) is 0 Å². The van der Waals surface area contributed by atoms with Gasteiger partial charge in [-0.25, -0.2) is 12.8 Å². The molecular formula is C15H15ClFNO2S. The summed E-state index contributed by atoms with van der Waals surface area (Å²) in [6, 6.07) is 10.1. The van der Waals surface area contributed by atoms with Crippen molar-refractivity contribution in [2.45, 2.75) is 17.7 Å². The van der Waals surface area contributed by atoms with Crippen molar-refractivity contribution in [2.24, 2.45) is 0 Å². The van der Waals surface area contributed by atoms with Crippen LogP contribution in [0.3, 0.4) is 0 Å². The highest BCUT2D eigenvalue weighted by atomic mass is 35.5. The number of alkyl halides is 1. The van der Waals surface area contributed by atoms with Gasteiger partial charge < -0.3 is 0 Å². The summed E-state index contributed by atoms with van der Waals surface area (Å²) < 4.78 is 39.2. The lowest BCUT2D eigenvalue weighted by molar-refractivity contribution is 0.594. The maximum atomic E-state index is 12.9. The Morgan fingerprint density at radius 2 is 1.76 bits per heavy atom. The minimum Gasteiger partial charge on any atom is -0.269 e. The van der Waals surface area contributed by atoms with Crippen LogP contribution in [-0.4, -0.2) is 15.5 Å². The summed E-state index contributed by atoms with van der Waals surface area (Å²) in [6.45, 7) is 1.87. The van der Waals surface area contributed by atoms with E-state index in [1.165, 1.54) is 31.3 Å². The minimum absolute atomic E-state index is 0.163. The lowest BCUT2D eigenvalue weighted by atomic mass is 10.1. The van der Waals surface area contributed by atoms with E-state index in [1.54, 1.807) is 18.2 Å². The minimum atomic E-state index is -3.70. The van der Waals surface area contributed by atoms with Gasteiger partial charge in [-0.1, -0.05) is 6.07 Å². The molecule has 0 radical (unpaired) electrons. The smallest absolute Gasteiger partial charge is 0.264 e. The molecule has 6 heteroatoms. The first-order valence-electron chi connectivity index (χ1n) is 6.26. The number of benzene rings is 2. The molecule has 0 unspecified atom stereocenters. The molecule has 3 nitrogen and oxygen atoms in total. The van der Waals surface area contributed by atoms with Crippen molar-refractivity contribution < 1.29 is 12.8 Å². The summed E-state index contributed by atoms with van der Waals surface area (Å²) in [4.78, 5) is 0.163. The zero-order valence-electron chi connectivity index (χ0n) is 11.7. The Balaban J connectivity index is 2.43. The van der Waals surface area contributed by atoms with Crippen LogP contribution in [0, 0.1) is 12.7 Å². The van der Waals surface area contributed by atoms with Crippen LogP contribution < -0.4 is 4.31 Å². The zero-order valence-corrected chi connectivity index (χ0v) is 13.2. The molecule has 0 atom stereocenters. The van der Waals surface area contributed by atoms with Crippen molar-refractivity contribution in [2.75, 3.05) is 11.4 Å². The van der Waals surface area contributed by atoms with Gasteiger partial charge in [0.1, 0.15) is 5.82 Å². The molecular weight excluding hydrogens is 313 g/mol. The van der Waals surface area contributed by atoms with Gasteiger partial charge in [-0.2, -0.15) is 0 Å². The fourth-order valence-electron chi connectivity index (χ4n) is 1.90. The molecule has 0 aliphatic rings. The molecule has 0 aliphatic carbocycles. The number of halogens is 2. The van der Waals surface area contributed by atoms with Gasteiger partial charge in [-0.3, -0.25) is 4.31 Å². The van der Waals surface area contributed by atoms with Crippen LogP contribution >= 0.6 is 11.6 Å². The monoisotopic (exact) mass is 327 g/mol. The lowest BCUT2D eigenvalue weighted by Crippen LogP contribution is -2.26. The quantitative estimate of drug-likeness (QED) is 0.803. The molecule has 0 aromatic heterocycles. The molecule has 0 aliphatic heterocycles. The Kier molecular flexibility index (Phi) is 4.54. The van der Waals surface area contributed by atoms with Crippen molar-refractivity contribution >= 4 is 27.3 Å². The molecule has 21 heavy (non-hydrogen) atoms. The van der Waals surface area contributed by atoms with Crippen LogP contribution in [0.2, 0.25) is 0 Å². The van der Waals surface area contributed by atoms with Crippen LogP contribution in [0.4, 0.5) is 10.1 Å². The third kappa shape index (κ3) is 3.19. The molecule has 112 valence electrons. The SMILES string of the molecule is Cc1ccc(S(=O)(=O)N(C)c2ccc(F)cc2)cc1CCl. The van der Waals surface area contributed by atoms with Gasteiger partial charge in [-0.15, -0.1) is 11.6 Å². The molecule has 0 heterocycles. The highest BCUT2D eigenvalue weighted by Gasteiger charge is 2.22. The van der Waals surface area contributed by atoms with Crippen molar-refractivity contribution in [3.63, 3.8) is 0 Å². The van der Waals surface area contributed by atoms with Crippen LogP contribution in [0.5, 0.6) is 0 Å². The average molecular weight is 328 g/mol. The average Bonchev–Trinajstić information content (AvgIpc) is 2.47. The standard InChI is InChI=1S/C15H15ClFNO2S/c1-11-3-8-15(9-12(11)10-16)21(19,20)18(2)14-6-4-13(17)5-7-14/h3-9H,10H2,1-2H3. The van der Waals surface area contributed by atoms with Gasteiger partial charge in [0.05, 0.1) is 10.6 Å². The van der Waals surface area contributed by atoms with E-state index in [4.69, 9.17) is 11.6 Å². The second kappa shape index (κ2) is 6.03. The van der Waals surface area contributed by atoms with E-state index >= 15 is 0 Å². The van der Waals surface area contributed by atoms with Crippen molar-refractivity contribution in [1.29, 1.82) is 0 Å². The molecule has 0 bridgehead atoms. The molecule has 0 N–H and O–H groups in total. The molecule has 0 spiro atoms. The van der Waals surface area contributed by atoms with Crippen LogP contribution in [-0.2, 0) is 15.9 Å². The Morgan fingerprint density at radius 3 is 2.33 bits per heavy atom. The van der Waals surface area contributed by atoms with E-state index in [9.17, 15) is 12.8 Å². The summed E-state index contributed by atoms with van der Waals surface area (Å²) in [7, 11) is -2.27. The number of nitrogens with zero attached hydrogens (tertiary/aromatic N) is 1. The number of aryl methyl sites for hydroxylation is 1. The predicted molar refractivity (Wildman–Crippen MR) is 82.7 cm³/mol. The number of rotatable bonds is 4. The zero-order chi connectivity index (χ0) is 15.6. The molecule has 2 aromatic rings. The first-order chi connectivity index (χ1) is 9.86. The lowest BCUT2D eigenvalue weighted by Gasteiger charge is -2.20. The van der Waals surface area contributed by atoms with E-state index in [0.29, 0.717) is 5.69 Å². The fourth-order valence-corrected chi connectivity index (χ4v) is 3.43. The summed E-state index contributed by atoms with van der Waals surface area (Å²) in [5.74, 6) is -0.167. The van der Waals surface area contributed by atoms with Gasteiger partial charge in [0.15, 0.2) is 0 Å². The van der Waals surface area contributed by atoms with E-state index in [-0.39, 0.29) is 10.8 Å². The molecule has 0 amide bonds. The second-order valence-electron chi connectivity index (χ2n) is 4.67. The Bertz CT molecular complexity index is 745. The third-order valence-electron chi connectivity index (χ3n) is 3.31. The summed E-state index contributed by atoms with van der Waals surface area (Å²) >= 11 is 5.82. The van der Waals surface area contributed by atoms with Gasteiger partial charge in [0.2, 0.25) is 0 Å². The maximum absolute atomic E-state index is 12.9. The van der Waals surface area contributed by atoms with Crippen LogP contribution in [0.1, 0.15) is 11.1 Å². The fraction of sp³-hybridized carbons (Fsp3) is 0.200. The number of hydrogen-bond acceptors (Lipinski definition) is 2. The van der Waals surface area contributed by atoms with E-state index in [1.807, 2.05) is 6.92 Å². The Hall–Kier alpha value is -1.59. The highest BCUT2D eigenvalue weighted by Crippen LogP contribution is 2.24. The van der Waals surface area contributed by atoms with E-state index < -0.39 is 15.8 Å². The van der Waals surface area contributed by atoms with Gasteiger partial charge >= 0.3 is 0 Å². The molecule has 0 saturated carbocycles. The number of anilines is 1. The largest absolute Gasteiger partial charge is 0.269 e. The van der Waals surface area contributed by atoms with Crippen molar-refractivity contribution in [3.05, 3.63) is 59.4 Å². The first kappa shape index (κ1) is 15.8. The maximum Gasteiger partial charge on any atom is 0.264 e. The third-order valence-corrected chi connectivity index (χ3v) is 5.38. The molecule has 0 fully saturated rings. The van der Waals surface area contributed by atoms with Crippen molar-refractivity contribution in [1.82, 2.24) is 0 Å². The summed E-state index contributed by atoms with van der Waals surface area (Å²) in [5.41, 5.74) is 2.10. The molecule has 2 rings (SSSR count). The van der Waals surface area contributed by atoms with E-state index in [0.717, 1.165) is 15.4 Å². The number of sulfonamides is 1. The highest BCUT2D eigenvalue weighted by molar-refractivity contribution is 7.92. The molecule has 0 saturated heterocycles.